The number of hydrogen-bond donors (Lipinski definition) is 0. The van der Waals surface area contributed by atoms with Gasteiger partial charge in [-0.25, -0.2) is 4.98 Å². The average molecular weight is 368 g/mol. The van der Waals surface area contributed by atoms with E-state index in [1.807, 2.05) is 34.1 Å². The molecule has 144 valence electrons. The number of carbonyl (C=O) groups excluding carboxylic acids is 2. The number of nitrogens with zero attached hydrogens (tertiary/aromatic N) is 4. The fourth-order valence-corrected chi connectivity index (χ4v) is 4.48. The van der Waals surface area contributed by atoms with E-state index in [4.69, 9.17) is 4.98 Å². The van der Waals surface area contributed by atoms with Crippen LogP contribution >= 0.6 is 0 Å². The molecule has 2 amide bonds. The van der Waals surface area contributed by atoms with Crippen LogP contribution in [-0.4, -0.2) is 50.8 Å². The number of rotatable bonds is 3. The van der Waals surface area contributed by atoms with Gasteiger partial charge in [0.15, 0.2) is 0 Å². The monoisotopic (exact) mass is 368 g/mol. The van der Waals surface area contributed by atoms with Crippen LogP contribution in [0.2, 0.25) is 0 Å². The van der Waals surface area contributed by atoms with Crippen LogP contribution < -0.4 is 0 Å². The number of aromatic nitrogens is 2. The molecule has 1 unspecified atom stereocenters. The zero-order valence-corrected chi connectivity index (χ0v) is 16.1. The maximum Gasteiger partial charge on any atom is 0.242 e. The van der Waals surface area contributed by atoms with Crippen molar-refractivity contribution in [3.05, 3.63) is 30.1 Å². The van der Waals surface area contributed by atoms with E-state index in [-0.39, 0.29) is 17.9 Å². The molecule has 2 fully saturated rings. The van der Waals surface area contributed by atoms with E-state index in [0.717, 1.165) is 62.2 Å². The number of hydrogen-bond acceptors (Lipinski definition) is 3. The summed E-state index contributed by atoms with van der Waals surface area (Å²) in [4.78, 5) is 33.9. The van der Waals surface area contributed by atoms with Crippen LogP contribution in [0.4, 0.5) is 0 Å². The average Bonchev–Trinajstić information content (AvgIpc) is 3.18. The molecule has 0 bridgehead atoms. The van der Waals surface area contributed by atoms with Crippen molar-refractivity contribution in [2.75, 3.05) is 19.6 Å². The predicted octanol–water partition coefficient (Wildman–Crippen LogP) is 3.12. The third-order valence-corrected chi connectivity index (χ3v) is 5.89. The second kappa shape index (κ2) is 7.71. The smallest absolute Gasteiger partial charge is 0.242 e. The summed E-state index contributed by atoms with van der Waals surface area (Å²) in [5.74, 6) is 1.09. The number of fused-ring (bicyclic) bond motifs is 1. The summed E-state index contributed by atoms with van der Waals surface area (Å²) in [5, 5.41) is 0. The van der Waals surface area contributed by atoms with Gasteiger partial charge in [-0.2, -0.15) is 0 Å². The quantitative estimate of drug-likeness (QED) is 0.836. The second-order valence-corrected chi connectivity index (χ2v) is 7.71. The van der Waals surface area contributed by atoms with E-state index in [0.29, 0.717) is 6.54 Å². The van der Waals surface area contributed by atoms with Crippen molar-refractivity contribution in [2.24, 2.45) is 0 Å². The third kappa shape index (κ3) is 3.57. The number of carbonyl (C=O) groups is 2. The van der Waals surface area contributed by atoms with Gasteiger partial charge in [-0.1, -0.05) is 25.0 Å². The molecule has 1 aromatic heterocycles. The zero-order valence-electron chi connectivity index (χ0n) is 16.1. The molecule has 2 aliphatic heterocycles. The van der Waals surface area contributed by atoms with E-state index in [1.54, 1.807) is 6.92 Å². The molecule has 27 heavy (non-hydrogen) atoms. The number of amides is 2. The van der Waals surface area contributed by atoms with E-state index < -0.39 is 0 Å². The molecule has 6 heteroatoms. The number of para-hydroxylation sites is 2. The Morgan fingerprint density at radius 1 is 1.04 bits per heavy atom. The molecule has 1 atom stereocenters. The predicted molar refractivity (Wildman–Crippen MR) is 104 cm³/mol. The van der Waals surface area contributed by atoms with Crippen LogP contribution in [0.5, 0.6) is 0 Å². The van der Waals surface area contributed by atoms with Gasteiger partial charge in [0, 0.05) is 26.6 Å². The van der Waals surface area contributed by atoms with Crippen LogP contribution in [0, 0.1) is 0 Å². The highest BCUT2D eigenvalue weighted by Gasteiger charge is 2.32. The van der Waals surface area contributed by atoms with Crippen LogP contribution in [0.25, 0.3) is 11.0 Å². The maximum absolute atomic E-state index is 13.0. The summed E-state index contributed by atoms with van der Waals surface area (Å²) in [6.45, 7) is 4.39. The van der Waals surface area contributed by atoms with E-state index >= 15 is 0 Å². The lowest BCUT2D eigenvalue weighted by Gasteiger charge is -2.25. The molecular formula is C21H28N4O2. The molecule has 4 rings (SSSR count). The molecule has 2 aliphatic rings. The molecule has 0 radical (unpaired) electrons. The maximum atomic E-state index is 13.0. The second-order valence-electron chi connectivity index (χ2n) is 7.71. The first-order valence-electron chi connectivity index (χ1n) is 10.2. The Hall–Kier alpha value is -2.37. The fourth-order valence-electron chi connectivity index (χ4n) is 4.48. The van der Waals surface area contributed by atoms with Crippen molar-refractivity contribution >= 4 is 22.8 Å². The van der Waals surface area contributed by atoms with Gasteiger partial charge in [0.1, 0.15) is 12.4 Å². The minimum atomic E-state index is -0.0353. The Kier molecular flexibility index (Phi) is 5.14. The van der Waals surface area contributed by atoms with E-state index in [9.17, 15) is 9.59 Å². The van der Waals surface area contributed by atoms with E-state index in [1.165, 1.54) is 12.8 Å². The lowest BCUT2D eigenvalue weighted by molar-refractivity contribution is -0.131. The summed E-state index contributed by atoms with van der Waals surface area (Å²) in [6.07, 6.45) is 6.47. The highest BCUT2D eigenvalue weighted by atomic mass is 16.2. The summed E-state index contributed by atoms with van der Waals surface area (Å²) in [6, 6.07) is 7.93. The molecule has 0 spiro atoms. The molecule has 0 saturated carbocycles. The topological polar surface area (TPSA) is 58.4 Å². The van der Waals surface area contributed by atoms with Crippen molar-refractivity contribution in [1.82, 2.24) is 19.4 Å². The first kappa shape index (κ1) is 18.0. The van der Waals surface area contributed by atoms with Gasteiger partial charge in [0.05, 0.1) is 17.1 Å². The van der Waals surface area contributed by atoms with Crippen LogP contribution in [0.15, 0.2) is 24.3 Å². The standard InChI is InChI=1S/C21H28N4O2/c1-16(26)24-14-8-11-19(24)21-22-17-9-4-5-10-18(17)25(21)15-20(27)23-12-6-2-3-7-13-23/h4-5,9-10,19H,2-3,6-8,11-15H2,1H3. The Labute approximate surface area is 160 Å². The summed E-state index contributed by atoms with van der Waals surface area (Å²) in [7, 11) is 0. The van der Waals surface area contributed by atoms with Gasteiger partial charge >= 0.3 is 0 Å². The van der Waals surface area contributed by atoms with Crippen molar-refractivity contribution in [3.8, 4) is 0 Å². The van der Waals surface area contributed by atoms with Crippen molar-refractivity contribution in [3.63, 3.8) is 0 Å². The van der Waals surface area contributed by atoms with E-state index in [2.05, 4.69) is 4.57 Å². The molecule has 1 aromatic carbocycles. The minimum Gasteiger partial charge on any atom is -0.341 e. The zero-order chi connectivity index (χ0) is 18.8. The summed E-state index contributed by atoms with van der Waals surface area (Å²) < 4.78 is 2.05. The van der Waals surface area contributed by atoms with Crippen LogP contribution in [-0.2, 0) is 16.1 Å². The fraction of sp³-hybridized carbons (Fsp3) is 0.571. The Balaban J connectivity index is 1.68. The molecule has 0 aliphatic carbocycles. The van der Waals surface area contributed by atoms with Gasteiger partial charge in [-0.3, -0.25) is 9.59 Å². The van der Waals surface area contributed by atoms with Gasteiger partial charge in [-0.05, 0) is 37.8 Å². The van der Waals surface area contributed by atoms with Gasteiger partial charge in [0.25, 0.3) is 0 Å². The van der Waals surface area contributed by atoms with Crippen molar-refractivity contribution in [2.45, 2.75) is 58.0 Å². The minimum absolute atomic E-state index is 0.0353. The number of likely N-dealkylation sites (tertiary alicyclic amines) is 2. The largest absolute Gasteiger partial charge is 0.341 e. The lowest BCUT2D eigenvalue weighted by atomic mass is 10.2. The molecule has 2 aromatic rings. The SMILES string of the molecule is CC(=O)N1CCCC1c1nc2ccccc2n1CC(=O)N1CCCCCC1. The highest BCUT2D eigenvalue weighted by Crippen LogP contribution is 2.33. The third-order valence-electron chi connectivity index (χ3n) is 5.89. The Morgan fingerprint density at radius 2 is 1.78 bits per heavy atom. The van der Waals surface area contributed by atoms with Crippen molar-refractivity contribution in [1.29, 1.82) is 0 Å². The van der Waals surface area contributed by atoms with Gasteiger partial charge < -0.3 is 14.4 Å². The van der Waals surface area contributed by atoms with Crippen LogP contribution in [0.1, 0.15) is 57.3 Å². The van der Waals surface area contributed by atoms with Gasteiger partial charge in [-0.15, -0.1) is 0 Å². The first-order chi connectivity index (χ1) is 13.1. The van der Waals surface area contributed by atoms with Crippen LogP contribution in [0.3, 0.4) is 0 Å². The molecule has 6 nitrogen and oxygen atoms in total. The summed E-state index contributed by atoms with van der Waals surface area (Å²) in [5.41, 5.74) is 1.87. The Morgan fingerprint density at radius 3 is 2.52 bits per heavy atom. The molecule has 3 heterocycles. The lowest BCUT2D eigenvalue weighted by Crippen LogP contribution is -2.36. The van der Waals surface area contributed by atoms with Gasteiger partial charge in [0.2, 0.25) is 11.8 Å². The molecule has 2 saturated heterocycles. The molecular weight excluding hydrogens is 340 g/mol. The summed E-state index contributed by atoms with van der Waals surface area (Å²) >= 11 is 0. The van der Waals surface area contributed by atoms with Crippen molar-refractivity contribution < 1.29 is 9.59 Å². The number of benzene rings is 1. The number of imidazole rings is 1. The first-order valence-corrected chi connectivity index (χ1v) is 10.2. The molecule has 0 N–H and O–H groups in total. The normalized spacial score (nSPS) is 20.9. The Bertz CT molecular complexity index is 836. The highest BCUT2D eigenvalue weighted by molar-refractivity contribution is 5.81.